The minimum atomic E-state index is -0.0881. The molecule has 0 atom stereocenters. The number of benzene rings is 3. The standard InChI is InChI=1S/C31H35N3O2/c35-30(26-11-12-26)33-27-13-14-29(28(22-27)31(36)32-18-15-23-7-3-1-4-8-23)34-19-16-25(17-20-34)21-24-9-5-2-6-10-24/h1-10,13-14,22,25-26H,11-12,15-21H2,(H,32,36)(H,33,35). The molecule has 2 fully saturated rings. The lowest BCUT2D eigenvalue weighted by Gasteiger charge is -2.35. The van der Waals surface area contributed by atoms with E-state index in [4.69, 9.17) is 0 Å². The predicted octanol–water partition coefficient (Wildman–Crippen LogP) is 5.47. The number of piperidine rings is 1. The summed E-state index contributed by atoms with van der Waals surface area (Å²) in [5, 5.41) is 6.11. The maximum absolute atomic E-state index is 13.3. The molecule has 0 aromatic heterocycles. The van der Waals surface area contributed by atoms with Crippen LogP contribution in [-0.4, -0.2) is 31.4 Å². The van der Waals surface area contributed by atoms with Crippen LogP contribution in [0.2, 0.25) is 0 Å². The van der Waals surface area contributed by atoms with Crippen LogP contribution in [0.4, 0.5) is 11.4 Å². The summed E-state index contributed by atoms with van der Waals surface area (Å²) in [7, 11) is 0. The molecule has 0 bridgehead atoms. The van der Waals surface area contributed by atoms with Crippen molar-refractivity contribution in [2.75, 3.05) is 29.9 Å². The van der Waals surface area contributed by atoms with E-state index in [1.165, 1.54) is 11.1 Å². The van der Waals surface area contributed by atoms with Crippen LogP contribution in [-0.2, 0) is 17.6 Å². The third-order valence-electron chi connectivity index (χ3n) is 7.32. The molecule has 36 heavy (non-hydrogen) atoms. The molecule has 1 saturated carbocycles. The molecule has 0 spiro atoms. The van der Waals surface area contributed by atoms with Gasteiger partial charge in [-0.25, -0.2) is 0 Å². The van der Waals surface area contributed by atoms with E-state index >= 15 is 0 Å². The quantitative estimate of drug-likeness (QED) is 0.426. The van der Waals surface area contributed by atoms with Gasteiger partial charge in [0, 0.05) is 36.9 Å². The van der Waals surface area contributed by atoms with Crippen LogP contribution in [0.3, 0.4) is 0 Å². The molecule has 186 valence electrons. The zero-order valence-corrected chi connectivity index (χ0v) is 20.8. The Morgan fingerprint density at radius 1 is 0.806 bits per heavy atom. The normalized spacial score (nSPS) is 15.9. The van der Waals surface area contributed by atoms with E-state index in [1.54, 1.807) is 0 Å². The highest BCUT2D eigenvalue weighted by Crippen LogP contribution is 2.32. The van der Waals surface area contributed by atoms with E-state index in [2.05, 4.69) is 58.0 Å². The lowest BCUT2D eigenvalue weighted by Crippen LogP contribution is -2.36. The largest absolute Gasteiger partial charge is 0.371 e. The summed E-state index contributed by atoms with van der Waals surface area (Å²) < 4.78 is 0. The molecule has 3 aromatic rings. The van der Waals surface area contributed by atoms with Gasteiger partial charge in [0.15, 0.2) is 0 Å². The zero-order valence-electron chi connectivity index (χ0n) is 20.8. The van der Waals surface area contributed by atoms with Crippen molar-refractivity contribution < 1.29 is 9.59 Å². The van der Waals surface area contributed by atoms with Crippen LogP contribution in [0.5, 0.6) is 0 Å². The molecule has 3 aromatic carbocycles. The first-order valence-corrected chi connectivity index (χ1v) is 13.2. The van der Waals surface area contributed by atoms with Crippen molar-refractivity contribution in [1.29, 1.82) is 0 Å². The summed E-state index contributed by atoms with van der Waals surface area (Å²) in [5.41, 5.74) is 4.88. The zero-order chi connectivity index (χ0) is 24.7. The molecule has 5 nitrogen and oxygen atoms in total. The number of rotatable bonds is 9. The van der Waals surface area contributed by atoms with Gasteiger partial charge in [-0.15, -0.1) is 0 Å². The summed E-state index contributed by atoms with van der Waals surface area (Å²) in [6.07, 6.45) is 6.00. The van der Waals surface area contributed by atoms with Crippen molar-refractivity contribution in [1.82, 2.24) is 5.32 Å². The number of nitrogens with one attached hydrogen (secondary N) is 2. The Balaban J connectivity index is 1.26. The number of carbonyl (C=O) groups is 2. The highest BCUT2D eigenvalue weighted by Gasteiger charge is 2.30. The number of carbonyl (C=O) groups excluding carboxylic acids is 2. The van der Waals surface area contributed by atoms with E-state index in [1.807, 2.05) is 36.4 Å². The van der Waals surface area contributed by atoms with Crippen LogP contribution in [0.25, 0.3) is 0 Å². The van der Waals surface area contributed by atoms with E-state index < -0.39 is 0 Å². The van der Waals surface area contributed by atoms with Gasteiger partial charge < -0.3 is 15.5 Å². The Morgan fingerprint density at radius 3 is 2.14 bits per heavy atom. The number of nitrogens with zero attached hydrogens (tertiary/aromatic N) is 1. The third-order valence-corrected chi connectivity index (χ3v) is 7.32. The summed E-state index contributed by atoms with van der Waals surface area (Å²) in [6.45, 7) is 2.42. The first-order valence-electron chi connectivity index (χ1n) is 13.2. The van der Waals surface area contributed by atoms with Gasteiger partial charge in [-0.2, -0.15) is 0 Å². The molecular weight excluding hydrogens is 446 g/mol. The first kappa shape index (κ1) is 24.1. The fourth-order valence-corrected chi connectivity index (χ4v) is 5.05. The summed E-state index contributed by atoms with van der Waals surface area (Å²) in [5.74, 6) is 0.746. The topological polar surface area (TPSA) is 61.4 Å². The Morgan fingerprint density at radius 2 is 1.47 bits per heavy atom. The van der Waals surface area contributed by atoms with Crippen LogP contribution in [0, 0.1) is 11.8 Å². The fraction of sp³-hybridized carbons (Fsp3) is 0.355. The van der Waals surface area contributed by atoms with Crippen LogP contribution in [0.1, 0.15) is 47.2 Å². The number of amides is 2. The van der Waals surface area contributed by atoms with Crippen molar-refractivity contribution in [3.05, 3.63) is 95.6 Å². The molecule has 5 heteroatoms. The second-order valence-corrected chi connectivity index (χ2v) is 10.1. The van der Waals surface area contributed by atoms with Crippen LogP contribution < -0.4 is 15.5 Å². The molecule has 2 aliphatic rings. The molecule has 1 aliphatic carbocycles. The van der Waals surface area contributed by atoms with E-state index in [0.29, 0.717) is 23.7 Å². The summed E-state index contributed by atoms with van der Waals surface area (Å²) >= 11 is 0. The maximum Gasteiger partial charge on any atom is 0.253 e. The Kier molecular flexibility index (Phi) is 7.65. The smallest absolute Gasteiger partial charge is 0.253 e. The number of hydrogen-bond donors (Lipinski definition) is 2. The number of hydrogen-bond acceptors (Lipinski definition) is 3. The Hall–Kier alpha value is -3.60. The molecule has 0 unspecified atom stereocenters. The van der Waals surface area contributed by atoms with Gasteiger partial charge in [0.1, 0.15) is 0 Å². The minimum Gasteiger partial charge on any atom is -0.371 e. The van der Waals surface area contributed by atoms with Gasteiger partial charge >= 0.3 is 0 Å². The molecule has 1 saturated heterocycles. The monoisotopic (exact) mass is 481 g/mol. The fourth-order valence-electron chi connectivity index (χ4n) is 5.05. The van der Waals surface area contributed by atoms with E-state index in [9.17, 15) is 9.59 Å². The van der Waals surface area contributed by atoms with Gasteiger partial charge in [-0.05, 0) is 73.8 Å². The van der Waals surface area contributed by atoms with E-state index in [-0.39, 0.29) is 17.7 Å². The molecule has 1 heterocycles. The van der Waals surface area contributed by atoms with Gasteiger partial charge in [-0.3, -0.25) is 9.59 Å². The van der Waals surface area contributed by atoms with Gasteiger partial charge in [-0.1, -0.05) is 60.7 Å². The molecular formula is C31H35N3O2. The summed E-state index contributed by atoms with van der Waals surface area (Å²) in [4.78, 5) is 28.0. The second kappa shape index (κ2) is 11.4. The van der Waals surface area contributed by atoms with Crippen molar-refractivity contribution in [2.45, 2.75) is 38.5 Å². The maximum atomic E-state index is 13.3. The van der Waals surface area contributed by atoms with Crippen LogP contribution >= 0.6 is 0 Å². The Labute approximate surface area is 213 Å². The van der Waals surface area contributed by atoms with E-state index in [0.717, 1.165) is 57.3 Å². The van der Waals surface area contributed by atoms with Crippen molar-refractivity contribution in [2.24, 2.45) is 11.8 Å². The first-order chi connectivity index (χ1) is 17.7. The van der Waals surface area contributed by atoms with Gasteiger partial charge in [0.25, 0.3) is 5.91 Å². The molecule has 5 rings (SSSR count). The molecule has 1 aliphatic heterocycles. The minimum absolute atomic E-state index is 0.0555. The molecule has 2 N–H and O–H groups in total. The highest BCUT2D eigenvalue weighted by molar-refractivity contribution is 6.02. The van der Waals surface area contributed by atoms with Crippen molar-refractivity contribution in [3.63, 3.8) is 0 Å². The SMILES string of the molecule is O=C(NCCc1ccccc1)c1cc(NC(=O)C2CC2)ccc1N1CCC(Cc2ccccc2)CC1. The van der Waals surface area contributed by atoms with Crippen molar-refractivity contribution >= 4 is 23.2 Å². The third kappa shape index (κ3) is 6.34. The average molecular weight is 482 g/mol. The van der Waals surface area contributed by atoms with Crippen LogP contribution in [0.15, 0.2) is 78.9 Å². The highest BCUT2D eigenvalue weighted by atomic mass is 16.2. The lowest BCUT2D eigenvalue weighted by atomic mass is 9.89. The van der Waals surface area contributed by atoms with Crippen molar-refractivity contribution in [3.8, 4) is 0 Å². The summed E-state index contributed by atoms with van der Waals surface area (Å²) in [6, 6.07) is 26.7. The Bertz CT molecular complexity index is 1170. The average Bonchev–Trinajstić information content (AvgIpc) is 3.76. The second-order valence-electron chi connectivity index (χ2n) is 10.1. The van der Waals surface area contributed by atoms with Gasteiger partial charge in [0.2, 0.25) is 5.91 Å². The predicted molar refractivity (Wildman–Crippen MR) is 145 cm³/mol. The van der Waals surface area contributed by atoms with Gasteiger partial charge in [0.05, 0.1) is 5.56 Å². The molecule has 0 radical (unpaired) electrons. The number of anilines is 2. The molecule has 2 amide bonds. The lowest BCUT2D eigenvalue weighted by molar-refractivity contribution is -0.117.